The van der Waals surface area contributed by atoms with Crippen LogP contribution in [0.2, 0.25) is 0 Å². The molecule has 0 aromatic carbocycles. The van der Waals surface area contributed by atoms with Gasteiger partial charge in [0.15, 0.2) is 0 Å². The van der Waals surface area contributed by atoms with Gasteiger partial charge in [-0.15, -0.1) is 0 Å². The standard InChI is InChI=1S/C11H11N3O2/c1-2-6-12-8(4-1)10-13-11(16-14-10)9-5-3-7-15-9/h1-2,4,6,9H,3,5,7H2/t9-/m0/s1. The lowest BCUT2D eigenvalue weighted by Gasteiger charge is -2.00. The summed E-state index contributed by atoms with van der Waals surface area (Å²) >= 11 is 0. The molecule has 1 aliphatic rings. The molecule has 1 fully saturated rings. The molecule has 5 nitrogen and oxygen atoms in total. The monoisotopic (exact) mass is 217 g/mol. The van der Waals surface area contributed by atoms with Gasteiger partial charge in [0.1, 0.15) is 11.8 Å². The van der Waals surface area contributed by atoms with Crippen LogP contribution in [0.1, 0.15) is 24.8 Å². The molecule has 0 radical (unpaired) electrons. The van der Waals surface area contributed by atoms with Crippen molar-refractivity contribution in [3.8, 4) is 11.5 Å². The molecule has 5 heteroatoms. The predicted octanol–water partition coefficient (Wildman–Crippen LogP) is 1.98. The van der Waals surface area contributed by atoms with Crippen LogP contribution in [0.25, 0.3) is 11.5 Å². The van der Waals surface area contributed by atoms with Crippen molar-refractivity contribution in [2.75, 3.05) is 6.61 Å². The first-order valence-electron chi connectivity index (χ1n) is 5.30. The Kier molecular flexibility index (Phi) is 2.38. The summed E-state index contributed by atoms with van der Waals surface area (Å²) in [5.41, 5.74) is 0.718. The minimum atomic E-state index is -0.0371. The molecule has 0 saturated carbocycles. The first-order chi connectivity index (χ1) is 7.93. The minimum Gasteiger partial charge on any atom is -0.368 e. The van der Waals surface area contributed by atoms with Gasteiger partial charge >= 0.3 is 0 Å². The molecule has 2 aromatic heterocycles. The van der Waals surface area contributed by atoms with Crippen LogP contribution in [0.4, 0.5) is 0 Å². The predicted molar refractivity (Wildman–Crippen MR) is 55.5 cm³/mol. The van der Waals surface area contributed by atoms with E-state index in [1.165, 1.54) is 0 Å². The van der Waals surface area contributed by atoms with Gasteiger partial charge in [-0.05, 0) is 25.0 Å². The molecule has 1 atom stereocenters. The minimum absolute atomic E-state index is 0.0371. The number of aromatic nitrogens is 3. The zero-order chi connectivity index (χ0) is 10.8. The van der Waals surface area contributed by atoms with Crippen LogP contribution in [-0.4, -0.2) is 21.7 Å². The average Bonchev–Trinajstić information content (AvgIpc) is 3.01. The first-order valence-corrected chi connectivity index (χ1v) is 5.30. The van der Waals surface area contributed by atoms with Crippen molar-refractivity contribution < 1.29 is 9.26 Å². The maximum absolute atomic E-state index is 5.47. The lowest BCUT2D eigenvalue weighted by atomic mass is 10.2. The Hall–Kier alpha value is -1.75. The summed E-state index contributed by atoms with van der Waals surface area (Å²) in [6, 6.07) is 5.60. The molecule has 3 rings (SSSR count). The third-order valence-electron chi connectivity index (χ3n) is 2.54. The highest BCUT2D eigenvalue weighted by molar-refractivity contribution is 5.47. The van der Waals surface area contributed by atoms with E-state index >= 15 is 0 Å². The van der Waals surface area contributed by atoms with Crippen molar-refractivity contribution >= 4 is 0 Å². The van der Waals surface area contributed by atoms with Gasteiger partial charge in [0.2, 0.25) is 5.82 Å². The fourth-order valence-electron chi connectivity index (χ4n) is 1.74. The molecule has 0 N–H and O–H groups in total. The molecule has 3 heterocycles. The van der Waals surface area contributed by atoms with Crippen molar-refractivity contribution in [1.29, 1.82) is 0 Å². The highest BCUT2D eigenvalue weighted by Crippen LogP contribution is 2.28. The summed E-state index contributed by atoms with van der Waals surface area (Å²) in [6.45, 7) is 0.770. The molecule has 0 aliphatic carbocycles. The molecular formula is C11H11N3O2. The molecular weight excluding hydrogens is 206 g/mol. The molecule has 0 spiro atoms. The van der Waals surface area contributed by atoms with Gasteiger partial charge in [0, 0.05) is 12.8 Å². The van der Waals surface area contributed by atoms with Crippen LogP contribution < -0.4 is 0 Å². The SMILES string of the molecule is c1ccc(-c2noc([C@@H]3CCCO3)n2)nc1. The zero-order valence-corrected chi connectivity index (χ0v) is 8.67. The number of ether oxygens (including phenoxy) is 1. The molecule has 0 unspecified atom stereocenters. The lowest BCUT2D eigenvalue weighted by molar-refractivity contribution is 0.0835. The van der Waals surface area contributed by atoms with Crippen molar-refractivity contribution in [3.63, 3.8) is 0 Å². The third-order valence-corrected chi connectivity index (χ3v) is 2.54. The lowest BCUT2D eigenvalue weighted by Crippen LogP contribution is -1.95. The summed E-state index contributed by atoms with van der Waals surface area (Å²) in [7, 11) is 0. The summed E-state index contributed by atoms with van der Waals surface area (Å²) in [5.74, 6) is 1.07. The Morgan fingerprint density at radius 2 is 2.31 bits per heavy atom. The van der Waals surface area contributed by atoms with Gasteiger partial charge in [-0.25, -0.2) is 0 Å². The van der Waals surface area contributed by atoms with Crippen molar-refractivity contribution in [2.45, 2.75) is 18.9 Å². The summed E-state index contributed by atoms with van der Waals surface area (Å²) in [4.78, 5) is 8.46. The summed E-state index contributed by atoms with van der Waals surface area (Å²) < 4.78 is 10.6. The van der Waals surface area contributed by atoms with E-state index in [1.807, 2.05) is 18.2 Å². The zero-order valence-electron chi connectivity index (χ0n) is 8.67. The number of rotatable bonds is 2. The second-order valence-electron chi connectivity index (χ2n) is 3.67. The van der Waals surface area contributed by atoms with E-state index in [0.717, 1.165) is 25.1 Å². The Morgan fingerprint density at radius 3 is 3.06 bits per heavy atom. The van der Waals surface area contributed by atoms with E-state index in [1.54, 1.807) is 6.20 Å². The van der Waals surface area contributed by atoms with Crippen LogP contribution in [-0.2, 0) is 4.74 Å². The highest BCUT2D eigenvalue weighted by Gasteiger charge is 2.24. The maximum Gasteiger partial charge on any atom is 0.256 e. The van der Waals surface area contributed by atoms with Crippen LogP contribution in [0.15, 0.2) is 28.9 Å². The molecule has 0 amide bonds. The van der Waals surface area contributed by atoms with Gasteiger partial charge < -0.3 is 9.26 Å². The average molecular weight is 217 g/mol. The highest BCUT2D eigenvalue weighted by atomic mass is 16.5. The molecule has 16 heavy (non-hydrogen) atoms. The van der Waals surface area contributed by atoms with Gasteiger partial charge in [0.25, 0.3) is 5.89 Å². The number of hydrogen-bond acceptors (Lipinski definition) is 5. The second-order valence-corrected chi connectivity index (χ2v) is 3.67. The third kappa shape index (κ3) is 1.69. The van der Waals surface area contributed by atoms with E-state index in [2.05, 4.69) is 15.1 Å². The molecule has 2 aromatic rings. The second kappa shape index (κ2) is 4.02. The van der Waals surface area contributed by atoms with Crippen LogP contribution in [0.5, 0.6) is 0 Å². The van der Waals surface area contributed by atoms with Crippen molar-refractivity contribution in [2.24, 2.45) is 0 Å². The van der Waals surface area contributed by atoms with E-state index < -0.39 is 0 Å². The Morgan fingerprint density at radius 1 is 1.31 bits per heavy atom. The number of pyridine rings is 1. The fraction of sp³-hybridized carbons (Fsp3) is 0.364. The largest absolute Gasteiger partial charge is 0.368 e. The Balaban J connectivity index is 1.87. The molecule has 82 valence electrons. The number of nitrogens with zero attached hydrogens (tertiary/aromatic N) is 3. The molecule has 1 aliphatic heterocycles. The topological polar surface area (TPSA) is 61.0 Å². The van der Waals surface area contributed by atoms with Crippen molar-refractivity contribution in [3.05, 3.63) is 30.3 Å². The quantitative estimate of drug-likeness (QED) is 0.769. The van der Waals surface area contributed by atoms with Gasteiger partial charge in [-0.3, -0.25) is 4.98 Å². The van der Waals surface area contributed by atoms with Crippen LogP contribution in [0, 0.1) is 0 Å². The van der Waals surface area contributed by atoms with Crippen molar-refractivity contribution in [1.82, 2.24) is 15.1 Å². The normalized spacial score (nSPS) is 20.1. The summed E-state index contributed by atoms with van der Waals surface area (Å²) in [5, 5.41) is 3.90. The van der Waals surface area contributed by atoms with E-state index in [-0.39, 0.29) is 6.10 Å². The first kappa shape index (κ1) is 9.47. The molecule has 0 bridgehead atoms. The van der Waals surface area contributed by atoms with E-state index in [4.69, 9.17) is 9.26 Å². The van der Waals surface area contributed by atoms with E-state index in [9.17, 15) is 0 Å². The maximum atomic E-state index is 5.47. The smallest absolute Gasteiger partial charge is 0.256 e. The Labute approximate surface area is 92.5 Å². The Bertz CT molecular complexity index is 463. The van der Waals surface area contributed by atoms with Gasteiger partial charge in [0.05, 0.1) is 0 Å². The van der Waals surface area contributed by atoms with Gasteiger partial charge in [-0.1, -0.05) is 11.2 Å². The molecule has 1 saturated heterocycles. The fourth-order valence-corrected chi connectivity index (χ4v) is 1.74. The summed E-state index contributed by atoms with van der Waals surface area (Å²) in [6.07, 6.45) is 3.66. The van der Waals surface area contributed by atoms with Gasteiger partial charge in [-0.2, -0.15) is 4.98 Å². The van der Waals surface area contributed by atoms with Crippen LogP contribution in [0.3, 0.4) is 0 Å². The van der Waals surface area contributed by atoms with E-state index in [0.29, 0.717) is 11.7 Å². The number of hydrogen-bond donors (Lipinski definition) is 0. The van der Waals surface area contributed by atoms with Crippen LogP contribution >= 0.6 is 0 Å².